The largest absolute Gasteiger partial charge is 0.411 e. The average molecular weight is 156 g/mol. The molecule has 0 bridgehead atoms. The third-order valence-corrected chi connectivity index (χ3v) is 1.74. The van der Waals surface area contributed by atoms with Gasteiger partial charge in [0.15, 0.2) is 0 Å². The Labute approximate surface area is 67.6 Å². The van der Waals surface area contributed by atoms with E-state index in [4.69, 9.17) is 10.6 Å². The lowest BCUT2D eigenvalue weighted by atomic mass is 10.0. The van der Waals surface area contributed by atoms with Crippen LogP contribution in [0.3, 0.4) is 0 Å². The molecule has 1 heterocycles. The Kier molecular flexibility index (Phi) is 2.20. The summed E-state index contributed by atoms with van der Waals surface area (Å²) in [4.78, 5) is 5.21. The topological polar surface area (TPSA) is 47.3 Å². The monoisotopic (exact) mass is 156 g/mol. The van der Waals surface area contributed by atoms with Crippen LogP contribution in [-0.4, -0.2) is 11.6 Å². The molecule has 0 saturated heterocycles. The van der Waals surface area contributed by atoms with E-state index in [1.165, 1.54) is 0 Å². The number of hydroxylamine groups is 1. The normalized spacial score (nSPS) is 24.2. The van der Waals surface area contributed by atoms with E-state index in [1.54, 1.807) is 0 Å². The van der Waals surface area contributed by atoms with Gasteiger partial charge in [0.2, 0.25) is 0 Å². The molecule has 0 aromatic heterocycles. The molecule has 0 fully saturated rings. The van der Waals surface area contributed by atoms with Crippen molar-refractivity contribution >= 4 is 0 Å². The molecular formula is C8H16N2O. The van der Waals surface area contributed by atoms with E-state index < -0.39 is 0 Å². The van der Waals surface area contributed by atoms with Gasteiger partial charge < -0.3 is 10.6 Å². The van der Waals surface area contributed by atoms with Gasteiger partial charge in [-0.1, -0.05) is 6.92 Å². The number of nitrogens with two attached hydrogens (primary N) is 1. The number of nitrogens with one attached hydrogen (secondary N) is 1. The second-order valence-corrected chi connectivity index (χ2v) is 3.49. The first-order chi connectivity index (χ1) is 5.05. The second kappa shape index (κ2) is 2.83. The summed E-state index contributed by atoms with van der Waals surface area (Å²) in [6.07, 6.45) is 2.94. The summed E-state index contributed by atoms with van der Waals surface area (Å²) in [7, 11) is 0. The predicted octanol–water partition coefficient (Wildman–Crippen LogP) is 0.921. The lowest BCUT2D eigenvalue weighted by Gasteiger charge is -2.12. The molecule has 64 valence electrons. The van der Waals surface area contributed by atoms with E-state index in [0.29, 0.717) is 0 Å². The van der Waals surface area contributed by atoms with Crippen molar-refractivity contribution in [3.05, 3.63) is 11.8 Å². The third kappa shape index (κ3) is 1.94. The lowest BCUT2D eigenvalue weighted by molar-refractivity contribution is 0.0816. The molecule has 11 heavy (non-hydrogen) atoms. The summed E-state index contributed by atoms with van der Waals surface area (Å²) in [5.74, 6) is 0.859. The van der Waals surface area contributed by atoms with Crippen molar-refractivity contribution in [1.82, 2.24) is 5.48 Å². The van der Waals surface area contributed by atoms with Gasteiger partial charge in [0, 0.05) is 0 Å². The lowest BCUT2D eigenvalue weighted by Crippen LogP contribution is -2.31. The zero-order valence-corrected chi connectivity index (χ0v) is 7.35. The first-order valence-electron chi connectivity index (χ1n) is 3.97. The third-order valence-electron chi connectivity index (χ3n) is 1.74. The van der Waals surface area contributed by atoms with Crippen molar-refractivity contribution < 1.29 is 4.84 Å². The van der Waals surface area contributed by atoms with Gasteiger partial charge in [0.05, 0.1) is 11.6 Å². The second-order valence-electron chi connectivity index (χ2n) is 3.49. The maximum absolute atomic E-state index is 5.77. The van der Waals surface area contributed by atoms with Crippen LogP contribution in [0.15, 0.2) is 11.8 Å². The average Bonchev–Trinajstić information content (AvgIpc) is 2.29. The van der Waals surface area contributed by atoms with E-state index in [0.717, 1.165) is 12.2 Å². The van der Waals surface area contributed by atoms with Gasteiger partial charge >= 0.3 is 0 Å². The Balaban J connectivity index is 2.62. The molecule has 1 aliphatic heterocycles. The standard InChI is InChI=1S/C8H16N2O/c1-4-6(9)7-5-8(2,3)10-11-7/h5-6,10H,4,9H2,1-3H3/t6-/m1/s1. The molecule has 0 unspecified atom stereocenters. The fourth-order valence-corrected chi connectivity index (χ4v) is 0.989. The van der Waals surface area contributed by atoms with Crippen molar-refractivity contribution in [2.45, 2.75) is 38.8 Å². The maximum Gasteiger partial charge on any atom is 0.138 e. The summed E-state index contributed by atoms with van der Waals surface area (Å²) in [6, 6.07) is 0.0317. The zero-order valence-electron chi connectivity index (χ0n) is 7.35. The Morgan fingerprint density at radius 1 is 1.73 bits per heavy atom. The SMILES string of the molecule is CC[C@@H](N)C1=CC(C)(C)NO1. The Morgan fingerprint density at radius 3 is 2.73 bits per heavy atom. The molecule has 3 N–H and O–H groups in total. The van der Waals surface area contributed by atoms with Crippen LogP contribution >= 0.6 is 0 Å². The van der Waals surface area contributed by atoms with Crippen LogP contribution in [0.25, 0.3) is 0 Å². The molecule has 3 heteroatoms. The van der Waals surface area contributed by atoms with E-state index in [-0.39, 0.29) is 11.6 Å². The highest BCUT2D eigenvalue weighted by Crippen LogP contribution is 2.19. The minimum atomic E-state index is -0.0673. The molecule has 3 nitrogen and oxygen atoms in total. The van der Waals surface area contributed by atoms with Crippen LogP contribution in [0, 0.1) is 0 Å². The van der Waals surface area contributed by atoms with Gasteiger partial charge in [-0.05, 0) is 26.3 Å². The van der Waals surface area contributed by atoms with Gasteiger partial charge in [0.1, 0.15) is 5.76 Å². The van der Waals surface area contributed by atoms with E-state index in [1.807, 2.05) is 26.8 Å². The van der Waals surface area contributed by atoms with E-state index >= 15 is 0 Å². The highest BCUT2D eigenvalue weighted by molar-refractivity contribution is 5.14. The molecular weight excluding hydrogens is 140 g/mol. The molecule has 0 aromatic carbocycles. The van der Waals surface area contributed by atoms with Crippen molar-refractivity contribution in [3.8, 4) is 0 Å². The van der Waals surface area contributed by atoms with Gasteiger partial charge in [-0.3, -0.25) is 0 Å². The quantitative estimate of drug-likeness (QED) is 0.625. The highest BCUT2D eigenvalue weighted by Gasteiger charge is 2.26. The van der Waals surface area contributed by atoms with Crippen molar-refractivity contribution in [1.29, 1.82) is 0 Å². The Hall–Kier alpha value is -0.540. The van der Waals surface area contributed by atoms with Gasteiger partial charge in [0.25, 0.3) is 0 Å². The Bertz CT molecular complexity index is 175. The molecule has 0 amide bonds. The van der Waals surface area contributed by atoms with Crippen molar-refractivity contribution in [2.75, 3.05) is 0 Å². The first kappa shape index (κ1) is 8.56. The highest BCUT2D eigenvalue weighted by atomic mass is 16.7. The van der Waals surface area contributed by atoms with Gasteiger partial charge in [-0.25, -0.2) is 0 Å². The smallest absolute Gasteiger partial charge is 0.138 e. The van der Waals surface area contributed by atoms with Crippen molar-refractivity contribution in [2.24, 2.45) is 5.73 Å². The summed E-state index contributed by atoms with van der Waals surface area (Å²) < 4.78 is 0. The van der Waals surface area contributed by atoms with Crippen LogP contribution in [0.4, 0.5) is 0 Å². The molecule has 0 aliphatic carbocycles. The van der Waals surface area contributed by atoms with Crippen LogP contribution in [0.2, 0.25) is 0 Å². The van der Waals surface area contributed by atoms with Gasteiger partial charge in [-0.15, -0.1) is 5.48 Å². The molecule has 1 aliphatic rings. The minimum absolute atomic E-state index is 0.0317. The molecule has 1 atom stereocenters. The van der Waals surface area contributed by atoms with Crippen LogP contribution in [0.5, 0.6) is 0 Å². The van der Waals surface area contributed by atoms with Crippen LogP contribution in [-0.2, 0) is 4.84 Å². The molecule has 1 rings (SSSR count). The van der Waals surface area contributed by atoms with Crippen LogP contribution in [0.1, 0.15) is 27.2 Å². The summed E-state index contributed by atoms with van der Waals surface area (Å²) in [5, 5.41) is 0. The number of rotatable bonds is 2. The van der Waals surface area contributed by atoms with Crippen LogP contribution < -0.4 is 11.2 Å². The summed E-state index contributed by atoms with van der Waals surface area (Å²) in [5.41, 5.74) is 8.59. The van der Waals surface area contributed by atoms with E-state index in [9.17, 15) is 0 Å². The van der Waals surface area contributed by atoms with Crippen molar-refractivity contribution in [3.63, 3.8) is 0 Å². The summed E-state index contributed by atoms with van der Waals surface area (Å²) in [6.45, 7) is 6.13. The number of hydrogen-bond acceptors (Lipinski definition) is 3. The zero-order chi connectivity index (χ0) is 8.48. The first-order valence-corrected chi connectivity index (χ1v) is 3.97. The Morgan fingerprint density at radius 2 is 2.36 bits per heavy atom. The molecule has 0 aromatic rings. The maximum atomic E-state index is 5.77. The fourth-order valence-electron chi connectivity index (χ4n) is 0.989. The van der Waals surface area contributed by atoms with E-state index in [2.05, 4.69) is 5.48 Å². The van der Waals surface area contributed by atoms with Gasteiger partial charge in [-0.2, -0.15) is 0 Å². The minimum Gasteiger partial charge on any atom is -0.411 e. The predicted molar refractivity (Wildman–Crippen MR) is 44.6 cm³/mol. The molecule has 0 spiro atoms. The molecule has 0 radical (unpaired) electrons. The number of hydrogen-bond donors (Lipinski definition) is 2. The fraction of sp³-hybridized carbons (Fsp3) is 0.750. The molecule has 0 saturated carbocycles. The summed E-state index contributed by atoms with van der Waals surface area (Å²) >= 11 is 0.